The van der Waals surface area contributed by atoms with Crippen LogP contribution in [-0.4, -0.2) is 50.0 Å². The van der Waals surface area contributed by atoms with E-state index in [4.69, 9.17) is 9.47 Å². The summed E-state index contributed by atoms with van der Waals surface area (Å²) in [4.78, 5) is 2.36. The highest BCUT2D eigenvalue weighted by atomic mass is 16.5. The lowest BCUT2D eigenvalue weighted by atomic mass is 9.96. The standard InChI is InChI=1S/C14H24N2O2/c1-11(2)12(8-15)9-16-5-7-18-14(10-16)13-4-3-6-17-13/h11-14H,3-7,9-10H2,1-2H3/t12-,13+,14-/m1/s1. The van der Waals surface area contributed by atoms with E-state index in [1.807, 2.05) is 0 Å². The normalized spacial score (nSPS) is 31.4. The van der Waals surface area contributed by atoms with Crippen LogP contribution in [0.15, 0.2) is 0 Å². The minimum atomic E-state index is 0.119. The van der Waals surface area contributed by atoms with Gasteiger partial charge in [0.1, 0.15) is 0 Å². The third-order valence-corrected chi connectivity index (χ3v) is 3.98. The van der Waals surface area contributed by atoms with Crippen LogP contribution in [0.3, 0.4) is 0 Å². The van der Waals surface area contributed by atoms with Crippen molar-refractivity contribution in [3.8, 4) is 6.07 Å². The Morgan fingerprint density at radius 3 is 2.67 bits per heavy atom. The van der Waals surface area contributed by atoms with Crippen LogP contribution in [-0.2, 0) is 9.47 Å². The molecule has 0 aromatic carbocycles. The van der Waals surface area contributed by atoms with E-state index in [0.29, 0.717) is 5.92 Å². The molecule has 4 heteroatoms. The Labute approximate surface area is 110 Å². The first kappa shape index (κ1) is 13.8. The van der Waals surface area contributed by atoms with Gasteiger partial charge in [0.05, 0.1) is 30.8 Å². The molecule has 2 fully saturated rings. The first-order valence-electron chi connectivity index (χ1n) is 7.06. The van der Waals surface area contributed by atoms with E-state index in [9.17, 15) is 5.26 Å². The Hall–Kier alpha value is -0.630. The molecule has 18 heavy (non-hydrogen) atoms. The Morgan fingerprint density at radius 1 is 1.28 bits per heavy atom. The molecule has 2 rings (SSSR count). The van der Waals surface area contributed by atoms with Crippen LogP contribution in [0.25, 0.3) is 0 Å². The highest BCUT2D eigenvalue weighted by molar-refractivity contribution is 4.89. The van der Waals surface area contributed by atoms with Crippen LogP contribution in [0.2, 0.25) is 0 Å². The molecule has 0 aliphatic carbocycles. The molecular formula is C14H24N2O2. The van der Waals surface area contributed by atoms with Crippen molar-refractivity contribution in [3.63, 3.8) is 0 Å². The second-order valence-electron chi connectivity index (χ2n) is 5.70. The molecule has 102 valence electrons. The van der Waals surface area contributed by atoms with E-state index >= 15 is 0 Å². The molecular weight excluding hydrogens is 228 g/mol. The lowest BCUT2D eigenvalue weighted by Crippen LogP contribution is -2.49. The van der Waals surface area contributed by atoms with Crippen LogP contribution in [0.5, 0.6) is 0 Å². The molecule has 3 atom stereocenters. The maximum Gasteiger partial charge on any atom is 0.0963 e. The van der Waals surface area contributed by atoms with Crippen molar-refractivity contribution in [2.45, 2.75) is 38.9 Å². The average Bonchev–Trinajstić information content (AvgIpc) is 2.90. The van der Waals surface area contributed by atoms with E-state index in [0.717, 1.165) is 45.7 Å². The monoisotopic (exact) mass is 252 g/mol. The summed E-state index contributed by atoms with van der Waals surface area (Å²) in [5, 5.41) is 9.17. The fraction of sp³-hybridized carbons (Fsp3) is 0.929. The average molecular weight is 252 g/mol. The van der Waals surface area contributed by atoms with Crippen LogP contribution >= 0.6 is 0 Å². The molecule has 2 aliphatic rings. The number of rotatable bonds is 4. The zero-order valence-corrected chi connectivity index (χ0v) is 11.5. The molecule has 2 heterocycles. The summed E-state index contributed by atoms with van der Waals surface area (Å²) in [6, 6.07) is 2.42. The lowest BCUT2D eigenvalue weighted by Gasteiger charge is -2.36. The summed E-state index contributed by atoms with van der Waals surface area (Å²) in [6.07, 6.45) is 2.74. The summed E-state index contributed by atoms with van der Waals surface area (Å²) < 4.78 is 11.5. The van der Waals surface area contributed by atoms with Crippen molar-refractivity contribution in [1.29, 1.82) is 5.26 Å². The third-order valence-electron chi connectivity index (χ3n) is 3.98. The number of morpholine rings is 1. The largest absolute Gasteiger partial charge is 0.375 e. The number of ether oxygens (including phenoxy) is 2. The highest BCUT2D eigenvalue weighted by Crippen LogP contribution is 2.22. The highest BCUT2D eigenvalue weighted by Gasteiger charge is 2.32. The summed E-state index contributed by atoms with van der Waals surface area (Å²) in [5.41, 5.74) is 0. The van der Waals surface area contributed by atoms with Crippen molar-refractivity contribution < 1.29 is 9.47 Å². The van der Waals surface area contributed by atoms with Crippen LogP contribution in [0.4, 0.5) is 0 Å². The zero-order valence-electron chi connectivity index (χ0n) is 11.5. The maximum atomic E-state index is 9.17. The predicted molar refractivity (Wildman–Crippen MR) is 69.1 cm³/mol. The molecule has 0 bridgehead atoms. The van der Waals surface area contributed by atoms with E-state index in [1.165, 1.54) is 0 Å². The number of nitriles is 1. The number of hydrogen-bond acceptors (Lipinski definition) is 4. The zero-order chi connectivity index (χ0) is 13.0. The van der Waals surface area contributed by atoms with E-state index in [-0.39, 0.29) is 18.1 Å². The van der Waals surface area contributed by atoms with E-state index < -0.39 is 0 Å². The molecule has 0 spiro atoms. The Kier molecular flexibility index (Phi) is 4.99. The van der Waals surface area contributed by atoms with Crippen LogP contribution in [0, 0.1) is 23.2 Å². The summed E-state index contributed by atoms with van der Waals surface area (Å²) in [5.74, 6) is 0.535. The fourth-order valence-corrected chi connectivity index (χ4v) is 2.70. The van der Waals surface area contributed by atoms with E-state index in [1.54, 1.807) is 0 Å². The van der Waals surface area contributed by atoms with Gasteiger partial charge in [-0.05, 0) is 18.8 Å². The molecule has 2 aliphatic heterocycles. The first-order valence-corrected chi connectivity index (χ1v) is 7.06. The van der Waals surface area contributed by atoms with Gasteiger partial charge in [0, 0.05) is 26.2 Å². The van der Waals surface area contributed by atoms with Crippen molar-refractivity contribution in [2.24, 2.45) is 11.8 Å². The van der Waals surface area contributed by atoms with Gasteiger partial charge < -0.3 is 9.47 Å². The minimum absolute atomic E-state index is 0.119. The lowest BCUT2D eigenvalue weighted by molar-refractivity contribution is -0.0961. The van der Waals surface area contributed by atoms with Crippen molar-refractivity contribution in [1.82, 2.24) is 4.90 Å². The molecule has 0 N–H and O–H groups in total. The van der Waals surface area contributed by atoms with Gasteiger partial charge in [0.2, 0.25) is 0 Å². The topological polar surface area (TPSA) is 45.5 Å². The van der Waals surface area contributed by atoms with Gasteiger partial charge in [0.15, 0.2) is 0 Å². The van der Waals surface area contributed by atoms with Crippen molar-refractivity contribution in [2.75, 3.05) is 32.8 Å². The molecule has 4 nitrogen and oxygen atoms in total. The molecule has 0 radical (unpaired) electrons. The maximum absolute atomic E-state index is 9.17. The predicted octanol–water partition coefficient (Wildman–Crippen LogP) is 1.66. The van der Waals surface area contributed by atoms with Gasteiger partial charge >= 0.3 is 0 Å². The van der Waals surface area contributed by atoms with Gasteiger partial charge in [0.25, 0.3) is 0 Å². The SMILES string of the molecule is CC(C)[C@H](C#N)CN1CCO[C@@H]([C@@H]2CCCO2)C1. The van der Waals surface area contributed by atoms with Gasteiger partial charge in [-0.25, -0.2) is 0 Å². The Morgan fingerprint density at radius 2 is 2.06 bits per heavy atom. The third kappa shape index (κ3) is 3.44. The molecule has 0 unspecified atom stereocenters. The second kappa shape index (κ2) is 6.51. The minimum Gasteiger partial charge on any atom is -0.375 e. The Bertz CT molecular complexity index is 295. The molecule has 0 amide bonds. The molecule has 0 aromatic rings. The number of nitrogens with zero attached hydrogens (tertiary/aromatic N) is 2. The van der Waals surface area contributed by atoms with Gasteiger partial charge in [-0.1, -0.05) is 13.8 Å². The van der Waals surface area contributed by atoms with Crippen molar-refractivity contribution in [3.05, 3.63) is 0 Å². The fourth-order valence-electron chi connectivity index (χ4n) is 2.70. The second-order valence-corrected chi connectivity index (χ2v) is 5.70. The molecule has 2 saturated heterocycles. The van der Waals surface area contributed by atoms with Crippen LogP contribution < -0.4 is 0 Å². The van der Waals surface area contributed by atoms with Crippen LogP contribution in [0.1, 0.15) is 26.7 Å². The smallest absolute Gasteiger partial charge is 0.0963 e. The Balaban J connectivity index is 1.84. The van der Waals surface area contributed by atoms with Gasteiger partial charge in [-0.3, -0.25) is 4.90 Å². The quantitative estimate of drug-likeness (QED) is 0.763. The molecule has 0 aromatic heterocycles. The number of hydrogen-bond donors (Lipinski definition) is 0. The first-order chi connectivity index (χ1) is 8.70. The van der Waals surface area contributed by atoms with Gasteiger partial charge in [-0.2, -0.15) is 5.26 Å². The summed E-state index contributed by atoms with van der Waals surface area (Å²) in [7, 11) is 0. The summed E-state index contributed by atoms with van der Waals surface area (Å²) in [6.45, 7) is 8.58. The van der Waals surface area contributed by atoms with E-state index in [2.05, 4.69) is 24.8 Å². The molecule has 0 saturated carbocycles. The summed E-state index contributed by atoms with van der Waals surface area (Å²) >= 11 is 0. The van der Waals surface area contributed by atoms with Gasteiger partial charge in [-0.15, -0.1) is 0 Å². The van der Waals surface area contributed by atoms with Crippen molar-refractivity contribution >= 4 is 0 Å².